The maximum atomic E-state index is 5.48. The van der Waals surface area contributed by atoms with Crippen LogP contribution < -0.4 is 19.9 Å². The summed E-state index contributed by atoms with van der Waals surface area (Å²) in [5, 5.41) is 11.4. The van der Waals surface area contributed by atoms with E-state index in [9.17, 15) is 0 Å². The molecule has 1 saturated heterocycles. The van der Waals surface area contributed by atoms with Crippen molar-refractivity contribution >= 4 is 17.5 Å². The molecule has 1 aliphatic heterocycles. The number of para-hydroxylation sites is 2. The number of anilines is 3. The molecule has 0 atom stereocenters. The number of nitrogens with one attached hydrogen (secondary N) is 1. The van der Waals surface area contributed by atoms with E-state index in [0.29, 0.717) is 5.95 Å². The van der Waals surface area contributed by atoms with Crippen molar-refractivity contribution in [1.82, 2.24) is 20.1 Å². The highest BCUT2D eigenvalue weighted by atomic mass is 16.5. The molecule has 140 valence electrons. The third-order valence-electron chi connectivity index (χ3n) is 4.42. The van der Waals surface area contributed by atoms with Gasteiger partial charge in [0.2, 0.25) is 5.95 Å². The quantitative estimate of drug-likeness (QED) is 0.792. The number of aromatic nitrogens is 3. The van der Waals surface area contributed by atoms with Gasteiger partial charge in [-0.25, -0.2) is 0 Å². The molecule has 1 aliphatic rings. The Kier molecular flexibility index (Phi) is 6.06. The number of hydrogen-bond donors (Lipinski definition) is 1. The van der Waals surface area contributed by atoms with Crippen molar-refractivity contribution < 1.29 is 4.74 Å². The van der Waals surface area contributed by atoms with Crippen LogP contribution in [-0.2, 0) is 0 Å². The highest BCUT2D eigenvalue weighted by Gasteiger charge is 2.21. The van der Waals surface area contributed by atoms with Gasteiger partial charge in [0.1, 0.15) is 5.75 Å². The second-order valence-corrected chi connectivity index (χ2v) is 6.51. The Hall–Kier alpha value is -2.61. The Labute approximate surface area is 154 Å². The Balaban J connectivity index is 1.59. The van der Waals surface area contributed by atoms with Crippen molar-refractivity contribution in [1.29, 1.82) is 0 Å². The molecule has 8 nitrogen and oxygen atoms in total. The van der Waals surface area contributed by atoms with Crippen LogP contribution in [0.3, 0.4) is 0 Å². The zero-order valence-electron chi connectivity index (χ0n) is 15.7. The van der Waals surface area contributed by atoms with Crippen LogP contribution in [0.15, 0.2) is 30.5 Å². The van der Waals surface area contributed by atoms with Crippen LogP contribution in [0.1, 0.15) is 0 Å². The van der Waals surface area contributed by atoms with E-state index in [-0.39, 0.29) is 0 Å². The lowest BCUT2D eigenvalue weighted by molar-refractivity contribution is 0.413. The minimum absolute atomic E-state index is 0.580. The van der Waals surface area contributed by atoms with E-state index in [4.69, 9.17) is 4.74 Å². The van der Waals surface area contributed by atoms with E-state index in [0.717, 1.165) is 56.5 Å². The van der Waals surface area contributed by atoms with Crippen LogP contribution >= 0.6 is 0 Å². The molecule has 0 amide bonds. The van der Waals surface area contributed by atoms with Crippen LogP contribution in [0.25, 0.3) is 0 Å². The van der Waals surface area contributed by atoms with Crippen molar-refractivity contribution in [2.45, 2.75) is 0 Å². The van der Waals surface area contributed by atoms with E-state index in [1.807, 2.05) is 32.3 Å². The second-order valence-electron chi connectivity index (χ2n) is 6.51. The molecule has 8 heteroatoms. The topological polar surface area (TPSA) is 69.7 Å². The van der Waals surface area contributed by atoms with E-state index in [2.05, 4.69) is 41.3 Å². The summed E-state index contributed by atoms with van der Waals surface area (Å²) in [5.74, 6) is 2.36. The molecule has 2 heterocycles. The summed E-state index contributed by atoms with van der Waals surface area (Å²) in [6.07, 6.45) is 1.73. The summed E-state index contributed by atoms with van der Waals surface area (Å²) in [4.78, 5) is 11.3. The average Bonchev–Trinajstić information content (AvgIpc) is 2.68. The molecule has 1 fully saturated rings. The molecule has 0 unspecified atom stereocenters. The zero-order valence-corrected chi connectivity index (χ0v) is 15.7. The largest absolute Gasteiger partial charge is 0.495 e. The minimum Gasteiger partial charge on any atom is -0.495 e. The fourth-order valence-electron chi connectivity index (χ4n) is 2.98. The van der Waals surface area contributed by atoms with Gasteiger partial charge in [0, 0.05) is 39.3 Å². The maximum Gasteiger partial charge on any atom is 0.244 e. The molecule has 1 aromatic heterocycles. The van der Waals surface area contributed by atoms with Gasteiger partial charge >= 0.3 is 0 Å². The van der Waals surface area contributed by atoms with Gasteiger partial charge < -0.3 is 24.8 Å². The van der Waals surface area contributed by atoms with Crippen LogP contribution in [0.4, 0.5) is 17.5 Å². The van der Waals surface area contributed by atoms with Gasteiger partial charge in [-0.15, -0.1) is 5.10 Å². The third-order valence-corrected chi connectivity index (χ3v) is 4.42. The van der Waals surface area contributed by atoms with E-state index in [1.54, 1.807) is 13.3 Å². The molecule has 1 aromatic carbocycles. The summed E-state index contributed by atoms with van der Waals surface area (Å²) < 4.78 is 5.48. The molecule has 0 radical (unpaired) electrons. The SMILES string of the molecule is COc1ccccc1N1CCN(c2cnnc(NCCN(C)C)n2)CC1. The number of ether oxygens (including phenoxy) is 1. The number of benzene rings is 1. The zero-order chi connectivity index (χ0) is 18.4. The maximum absolute atomic E-state index is 5.48. The van der Waals surface area contributed by atoms with E-state index in [1.165, 1.54) is 0 Å². The van der Waals surface area contributed by atoms with Gasteiger partial charge in [0.15, 0.2) is 5.82 Å². The smallest absolute Gasteiger partial charge is 0.244 e. The lowest BCUT2D eigenvalue weighted by Gasteiger charge is -2.37. The summed E-state index contributed by atoms with van der Waals surface area (Å²) in [6.45, 7) is 5.30. The van der Waals surface area contributed by atoms with Gasteiger partial charge in [-0.1, -0.05) is 12.1 Å². The predicted octanol–water partition coefficient (Wildman–Crippen LogP) is 1.18. The highest BCUT2D eigenvalue weighted by Crippen LogP contribution is 2.28. The van der Waals surface area contributed by atoms with Crippen LogP contribution in [0, 0.1) is 0 Å². The Morgan fingerprint density at radius 1 is 1.12 bits per heavy atom. The van der Waals surface area contributed by atoms with Gasteiger partial charge in [-0.2, -0.15) is 10.1 Å². The van der Waals surface area contributed by atoms with Crippen molar-refractivity contribution in [2.75, 3.05) is 75.6 Å². The van der Waals surface area contributed by atoms with Gasteiger partial charge in [-0.05, 0) is 26.2 Å². The fourth-order valence-corrected chi connectivity index (χ4v) is 2.98. The molecule has 0 aliphatic carbocycles. The van der Waals surface area contributed by atoms with Crippen LogP contribution in [0.5, 0.6) is 5.75 Å². The first-order valence-electron chi connectivity index (χ1n) is 8.88. The van der Waals surface area contributed by atoms with Crippen molar-refractivity contribution in [3.8, 4) is 5.75 Å². The average molecular weight is 357 g/mol. The molecule has 2 aromatic rings. The molecule has 0 saturated carbocycles. The summed E-state index contributed by atoms with van der Waals surface area (Å²) >= 11 is 0. The highest BCUT2D eigenvalue weighted by molar-refractivity contribution is 5.59. The molecule has 0 bridgehead atoms. The number of likely N-dealkylation sites (N-methyl/N-ethyl adjacent to an activating group) is 1. The van der Waals surface area contributed by atoms with Crippen molar-refractivity contribution in [3.63, 3.8) is 0 Å². The monoisotopic (exact) mass is 357 g/mol. The van der Waals surface area contributed by atoms with Crippen LogP contribution in [0.2, 0.25) is 0 Å². The van der Waals surface area contributed by atoms with Gasteiger partial charge in [0.05, 0.1) is 19.0 Å². The summed E-state index contributed by atoms with van der Waals surface area (Å²) in [5.41, 5.74) is 1.14. The number of rotatable bonds is 7. The first-order valence-corrected chi connectivity index (χ1v) is 8.88. The van der Waals surface area contributed by atoms with E-state index < -0.39 is 0 Å². The Bertz CT molecular complexity index is 701. The van der Waals surface area contributed by atoms with Crippen molar-refractivity contribution in [3.05, 3.63) is 30.5 Å². The third kappa shape index (κ3) is 4.51. The standard InChI is InChI=1S/C18H27N7O/c1-23(2)9-8-19-18-21-17(14-20-22-18)25-12-10-24(11-13-25)15-6-4-5-7-16(15)26-3/h4-7,14H,8-13H2,1-3H3,(H,19,21,22). The number of hydrogen-bond acceptors (Lipinski definition) is 8. The number of nitrogens with zero attached hydrogens (tertiary/aromatic N) is 6. The van der Waals surface area contributed by atoms with Gasteiger partial charge in [0.25, 0.3) is 0 Å². The minimum atomic E-state index is 0.580. The van der Waals surface area contributed by atoms with E-state index >= 15 is 0 Å². The Morgan fingerprint density at radius 2 is 1.85 bits per heavy atom. The first kappa shape index (κ1) is 18.2. The predicted molar refractivity (Wildman–Crippen MR) is 104 cm³/mol. The first-order chi connectivity index (χ1) is 12.7. The van der Waals surface area contributed by atoms with Crippen LogP contribution in [-0.4, -0.2) is 80.6 Å². The fraction of sp³-hybridized carbons (Fsp3) is 0.500. The number of piperazine rings is 1. The lowest BCUT2D eigenvalue weighted by atomic mass is 10.2. The van der Waals surface area contributed by atoms with Crippen molar-refractivity contribution in [2.24, 2.45) is 0 Å². The molecule has 0 spiro atoms. The molecule has 3 rings (SSSR count). The van der Waals surface area contributed by atoms with Gasteiger partial charge in [-0.3, -0.25) is 0 Å². The Morgan fingerprint density at radius 3 is 2.58 bits per heavy atom. The normalized spacial score (nSPS) is 14.6. The summed E-state index contributed by atoms with van der Waals surface area (Å²) in [7, 11) is 5.79. The molecular formula is C18H27N7O. The lowest BCUT2D eigenvalue weighted by Crippen LogP contribution is -2.47. The molecular weight excluding hydrogens is 330 g/mol. The number of methoxy groups -OCH3 is 1. The molecule has 26 heavy (non-hydrogen) atoms. The molecule has 1 N–H and O–H groups in total. The summed E-state index contributed by atoms with van der Waals surface area (Å²) in [6, 6.07) is 8.15. The second kappa shape index (κ2) is 8.66.